The summed E-state index contributed by atoms with van der Waals surface area (Å²) in [6.45, 7) is 1.97. The van der Waals surface area contributed by atoms with Gasteiger partial charge in [-0.15, -0.1) is 23.2 Å². The first-order valence-electron chi connectivity index (χ1n) is 14.8. The van der Waals surface area contributed by atoms with Gasteiger partial charge in [0.25, 0.3) is 5.24 Å². The summed E-state index contributed by atoms with van der Waals surface area (Å²) in [7, 11) is 25.2. The maximum absolute atomic E-state index is 10.4. The number of nitriles is 1. The molecule has 0 bridgehead atoms. The zero-order valence-corrected chi connectivity index (χ0v) is 39.1. The van der Waals surface area contributed by atoms with Crippen LogP contribution >= 0.6 is 111 Å². The molecule has 0 radical (unpaired) electrons. The second kappa shape index (κ2) is 24.1. The molecule has 0 aliphatic carbocycles. The van der Waals surface area contributed by atoms with Crippen molar-refractivity contribution < 1.29 is 4.79 Å². The molecule has 0 unspecified atom stereocenters. The molecule has 0 N–H and O–H groups in total. The van der Waals surface area contributed by atoms with Crippen LogP contribution in [0.25, 0.3) is 34.2 Å². The third-order valence-electron chi connectivity index (χ3n) is 5.98. The molecule has 1 heterocycles. The number of hydrogen-bond donors (Lipinski definition) is 0. The predicted octanol–water partition coefficient (Wildman–Crippen LogP) is 14.8. The molecule has 0 aliphatic rings. The average molecular weight is 1110 g/mol. The van der Waals surface area contributed by atoms with Crippen molar-refractivity contribution in [2.45, 2.75) is 6.92 Å². The van der Waals surface area contributed by atoms with Crippen molar-refractivity contribution in [3.63, 3.8) is 0 Å². The number of alkyl halides is 2. The first kappa shape index (κ1) is 47.5. The molecule has 0 spiro atoms. The van der Waals surface area contributed by atoms with Crippen LogP contribution in [0.5, 0.6) is 0 Å². The summed E-state index contributed by atoms with van der Waals surface area (Å²) >= 11 is 17.4. The van der Waals surface area contributed by atoms with Crippen molar-refractivity contribution in [2.24, 2.45) is 0 Å². The van der Waals surface area contributed by atoms with Gasteiger partial charge >= 0.3 is 55.8 Å². The zero-order valence-electron chi connectivity index (χ0n) is 27.3. The standard InChI is InChI=1S/C21H13Br2N3.C8H7N.C7H5ClO.CH2Cl2.5ClH.Sb/c22-17-10-4-8-15(12-17)20-24-19(14-6-2-1-3-7-14)25-21(26-20)16-9-5-11-18(23)13-16;1-7-3-2-4-8(5-7)6-9;8-7(9)6-4-2-1-3-5-6;2-1-3;;;;;;/h1-13H;2-5H,1H3;1-5H;1H2;5*1H;/q;;;;;;;;;+5/p-5. The summed E-state index contributed by atoms with van der Waals surface area (Å²) in [6, 6.07) is 44.2. The van der Waals surface area contributed by atoms with Gasteiger partial charge in [0.15, 0.2) is 17.5 Å². The first-order valence-corrected chi connectivity index (χ1v) is 33.9. The summed E-state index contributed by atoms with van der Waals surface area (Å²) in [5.41, 5.74) is 5.25. The van der Waals surface area contributed by atoms with Crippen LogP contribution in [-0.4, -0.2) is 37.2 Å². The fraction of sp³-hybridized carbons (Fsp3) is 0.0541. The molecule has 5 aromatic carbocycles. The minimum atomic E-state index is -4.33. The summed E-state index contributed by atoms with van der Waals surface area (Å²) in [5, 5.41) is 8.20. The van der Waals surface area contributed by atoms with E-state index in [9.17, 15) is 4.79 Å². The topological polar surface area (TPSA) is 79.5 Å². The zero-order chi connectivity index (χ0) is 39.5. The van der Waals surface area contributed by atoms with Gasteiger partial charge in [0, 0.05) is 31.2 Å². The fourth-order valence-corrected chi connectivity index (χ4v) is 4.81. The minimum absolute atomic E-state index is 0.194. The Morgan fingerprint density at radius 1 is 0.623 bits per heavy atom. The molecule has 0 fully saturated rings. The molecule has 5 nitrogen and oxygen atoms in total. The molecule has 0 saturated heterocycles. The molecule has 0 aliphatic heterocycles. The van der Waals surface area contributed by atoms with Gasteiger partial charge in [-0.25, -0.2) is 15.0 Å². The van der Waals surface area contributed by atoms with Crippen molar-refractivity contribution in [2.75, 3.05) is 5.34 Å². The average Bonchev–Trinajstić information content (AvgIpc) is 3.12. The first-order chi connectivity index (χ1) is 25.0. The Bertz CT molecular complexity index is 2020. The number of rotatable bonds is 4. The Morgan fingerprint density at radius 3 is 1.34 bits per heavy atom. The fourth-order valence-electron chi connectivity index (χ4n) is 3.89. The van der Waals surface area contributed by atoms with E-state index in [0.29, 0.717) is 23.0 Å². The maximum atomic E-state index is 10.4. The number of nitrogens with zero attached hydrogens (tertiary/aromatic N) is 4. The quantitative estimate of drug-likeness (QED) is 0.0998. The predicted molar refractivity (Wildman–Crippen MR) is 236 cm³/mol. The van der Waals surface area contributed by atoms with Crippen molar-refractivity contribution in [3.05, 3.63) is 159 Å². The molecular formula is C37H27Br2Cl8N4OSb. The van der Waals surface area contributed by atoms with Crippen LogP contribution in [0.3, 0.4) is 0 Å². The SMILES string of the molecule is Brc1cccc(-c2nc(-c3ccccc3)nc(-c3cccc(Br)c3)n2)c1.Cc1cccc(C#N)c1.ClCCl.O=C(Cl)c1ccccc1.[Cl][Sb]([Cl])([Cl])([Cl])[Cl]. The molecule has 6 rings (SSSR count). The van der Waals surface area contributed by atoms with Gasteiger partial charge in [-0.1, -0.05) is 129 Å². The monoisotopic (exact) mass is 1100 g/mol. The number of carbonyl (C=O) groups is 1. The van der Waals surface area contributed by atoms with E-state index in [-0.39, 0.29) is 5.34 Å². The summed E-state index contributed by atoms with van der Waals surface area (Å²) in [4.78, 5) is 24.5. The number of halogens is 10. The third-order valence-corrected chi connectivity index (χ3v) is 7.19. The number of aromatic nitrogens is 3. The second-order valence-corrected chi connectivity index (χ2v) is 51.0. The Kier molecular flexibility index (Phi) is 21.6. The van der Waals surface area contributed by atoms with Crippen molar-refractivity contribution in [3.8, 4) is 40.2 Å². The van der Waals surface area contributed by atoms with E-state index in [0.717, 1.165) is 36.8 Å². The van der Waals surface area contributed by atoms with Crippen LogP contribution < -0.4 is 0 Å². The normalized spacial score (nSPS) is 10.7. The summed E-state index contributed by atoms with van der Waals surface area (Å²) in [6.07, 6.45) is 0. The van der Waals surface area contributed by atoms with E-state index >= 15 is 0 Å². The molecule has 0 atom stereocenters. The van der Waals surface area contributed by atoms with Crippen LogP contribution in [0, 0.1) is 18.3 Å². The molecule has 276 valence electrons. The van der Waals surface area contributed by atoms with E-state index in [4.69, 9.17) is 99.2 Å². The van der Waals surface area contributed by atoms with Crippen LogP contribution in [0.4, 0.5) is 0 Å². The van der Waals surface area contributed by atoms with Gasteiger partial charge in [-0.2, -0.15) is 5.26 Å². The number of carbonyl (C=O) groups excluding carboxylic acids is 1. The van der Waals surface area contributed by atoms with Crippen LogP contribution in [-0.2, 0) is 0 Å². The molecule has 1 aromatic heterocycles. The van der Waals surface area contributed by atoms with Gasteiger partial charge in [0.05, 0.1) is 17.0 Å². The molecule has 16 heteroatoms. The number of benzene rings is 5. The summed E-state index contributed by atoms with van der Waals surface area (Å²) < 4.78 is 1.97. The van der Waals surface area contributed by atoms with Gasteiger partial charge in [0.1, 0.15) is 0 Å². The summed E-state index contributed by atoms with van der Waals surface area (Å²) in [5.74, 6) is 1.95. The molecule has 6 aromatic rings. The van der Waals surface area contributed by atoms with Gasteiger partial charge < -0.3 is 0 Å². The molecule has 0 saturated carbocycles. The molecular weight excluding hydrogens is 1080 g/mol. The third kappa shape index (κ3) is 21.3. The van der Waals surface area contributed by atoms with Gasteiger partial charge in [-0.05, 0) is 60.5 Å². The van der Waals surface area contributed by atoms with Crippen molar-refractivity contribution in [1.82, 2.24) is 15.0 Å². The Labute approximate surface area is 360 Å². The Morgan fingerprint density at radius 2 is 1.00 bits per heavy atom. The van der Waals surface area contributed by atoms with E-state index < -0.39 is 16.9 Å². The number of aryl methyl sites for hydroxylation is 1. The van der Waals surface area contributed by atoms with Gasteiger partial charge in [-0.3, -0.25) is 4.79 Å². The van der Waals surface area contributed by atoms with Gasteiger partial charge in [0.2, 0.25) is 0 Å². The second-order valence-electron chi connectivity index (χ2n) is 10.1. The van der Waals surface area contributed by atoms with E-state index in [1.165, 1.54) is 0 Å². The van der Waals surface area contributed by atoms with Crippen LogP contribution in [0.1, 0.15) is 21.5 Å². The Balaban J connectivity index is 0.000000293. The van der Waals surface area contributed by atoms with Crippen LogP contribution in [0.15, 0.2) is 142 Å². The Hall–Kier alpha value is -1.63. The molecule has 53 heavy (non-hydrogen) atoms. The van der Waals surface area contributed by atoms with Crippen LogP contribution in [0.2, 0.25) is 0 Å². The van der Waals surface area contributed by atoms with Crippen molar-refractivity contribution >= 4 is 128 Å². The van der Waals surface area contributed by atoms with E-state index in [1.807, 2.05) is 110 Å². The van der Waals surface area contributed by atoms with Crippen molar-refractivity contribution in [1.29, 1.82) is 5.26 Å². The molecule has 0 amide bonds. The number of hydrogen-bond acceptors (Lipinski definition) is 5. The van der Waals surface area contributed by atoms with E-state index in [2.05, 4.69) is 37.9 Å². The van der Waals surface area contributed by atoms with E-state index in [1.54, 1.807) is 30.3 Å².